The topological polar surface area (TPSA) is 41.1 Å². The SMILES string of the molecule is Cc1cccc(NCC(=O)NCc2ccccc2)c1Br. The van der Waals surface area contributed by atoms with E-state index < -0.39 is 0 Å². The van der Waals surface area contributed by atoms with Gasteiger partial charge in [-0.3, -0.25) is 4.79 Å². The van der Waals surface area contributed by atoms with Crippen molar-refractivity contribution in [2.24, 2.45) is 0 Å². The van der Waals surface area contributed by atoms with Gasteiger partial charge in [0.05, 0.1) is 6.54 Å². The molecule has 1 amide bonds. The molecule has 0 aliphatic rings. The number of hydrogen-bond donors (Lipinski definition) is 2. The molecule has 0 radical (unpaired) electrons. The van der Waals surface area contributed by atoms with Crippen LogP contribution in [0.25, 0.3) is 0 Å². The van der Waals surface area contributed by atoms with Crippen molar-refractivity contribution in [1.82, 2.24) is 5.32 Å². The third-order valence-corrected chi connectivity index (χ3v) is 4.02. The van der Waals surface area contributed by atoms with Gasteiger partial charge in [-0.15, -0.1) is 0 Å². The van der Waals surface area contributed by atoms with Gasteiger partial charge in [0.15, 0.2) is 0 Å². The van der Waals surface area contributed by atoms with Crippen molar-refractivity contribution < 1.29 is 4.79 Å². The first-order valence-corrected chi connectivity index (χ1v) is 7.26. The molecule has 0 saturated carbocycles. The number of amides is 1. The predicted octanol–water partition coefficient (Wildman–Crippen LogP) is 3.49. The molecule has 0 bridgehead atoms. The van der Waals surface area contributed by atoms with Crippen LogP contribution in [0.15, 0.2) is 53.0 Å². The lowest BCUT2D eigenvalue weighted by molar-refractivity contribution is -0.119. The normalized spacial score (nSPS) is 10.1. The average molecular weight is 333 g/mol. The van der Waals surface area contributed by atoms with Gasteiger partial charge < -0.3 is 10.6 Å². The summed E-state index contributed by atoms with van der Waals surface area (Å²) >= 11 is 3.51. The number of benzene rings is 2. The van der Waals surface area contributed by atoms with E-state index in [9.17, 15) is 4.79 Å². The van der Waals surface area contributed by atoms with E-state index in [-0.39, 0.29) is 12.5 Å². The number of carbonyl (C=O) groups is 1. The Morgan fingerprint density at radius 1 is 1.10 bits per heavy atom. The summed E-state index contributed by atoms with van der Waals surface area (Å²) in [6.45, 7) is 2.83. The third kappa shape index (κ3) is 4.10. The second-order valence-electron chi connectivity index (χ2n) is 4.55. The van der Waals surface area contributed by atoms with Crippen LogP contribution in [-0.2, 0) is 11.3 Å². The third-order valence-electron chi connectivity index (χ3n) is 2.96. The maximum Gasteiger partial charge on any atom is 0.239 e. The number of rotatable bonds is 5. The Morgan fingerprint density at radius 2 is 1.85 bits per heavy atom. The second kappa shape index (κ2) is 7.10. The Morgan fingerprint density at radius 3 is 2.60 bits per heavy atom. The summed E-state index contributed by atoms with van der Waals surface area (Å²) in [5, 5.41) is 6.02. The van der Waals surface area contributed by atoms with E-state index >= 15 is 0 Å². The highest BCUT2D eigenvalue weighted by Gasteiger charge is 2.05. The fourth-order valence-electron chi connectivity index (χ4n) is 1.82. The first-order valence-electron chi connectivity index (χ1n) is 6.46. The summed E-state index contributed by atoms with van der Waals surface area (Å²) in [5.41, 5.74) is 3.16. The van der Waals surface area contributed by atoms with Crippen molar-refractivity contribution >= 4 is 27.5 Å². The van der Waals surface area contributed by atoms with Gasteiger partial charge in [-0.1, -0.05) is 42.5 Å². The van der Waals surface area contributed by atoms with Gasteiger partial charge in [-0.25, -0.2) is 0 Å². The fourth-order valence-corrected chi connectivity index (χ4v) is 2.22. The quantitative estimate of drug-likeness (QED) is 0.879. The highest BCUT2D eigenvalue weighted by molar-refractivity contribution is 9.10. The minimum atomic E-state index is -0.0257. The molecule has 2 aromatic rings. The number of nitrogens with one attached hydrogen (secondary N) is 2. The summed E-state index contributed by atoms with van der Waals surface area (Å²) < 4.78 is 0.996. The van der Waals surface area contributed by atoms with Crippen molar-refractivity contribution in [3.05, 3.63) is 64.1 Å². The second-order valence-corrected chi connectivity index (χ2v) is 5.35. The molecule has 2 rings (SSSR count). The lowest BCUT2D eigenvalue weighted by atomic mass is 10.2. The standard InChI is InChI=1S/C16H17BrN2O/c1-12-6-5-9-14(16(12)17)18-11-15(20)19-10-13-7-3-2-4-8-13/h2-9,18H,10-11H2,1H3,(H,19,20). The van der Waals surface area contributed by atoms with E-state index in [1.807, 2.05) is 55.5 Å². The molecule has 4 heteroatoms. The molecule has 20 heavy (non-hydrogen) atoms. The van der Waals surface area contributed by atoms with Gasteiger partial charge in [0.25, 0.3) is 0 Å². The van der Waals surface area contributed by atoms with Crippen LogP contribution in [0.1, 0.15) is 11.1 Å². The Labute approximate surface area is 127 Å². The van der Waals surface area contributed by atoms with E-state index in [1.54, 1.807) is 0 Å². The van der Waals surface area contributed by atoms with E-state index in [4.69, 9.17) is 0 Å². The minimum Gasteiger partial charge on any atom is -0.375 e. The van der Waals surface area contributed by atoms with Crippen molar-refractivity contribution in [1.29, 1.82) is 0 Å². The van der Waals surface area contributed by atoms with Crippen molar-refractivity contribution in [2.45, 2.75) is 13.5 Å². The van der Waals surface area contributed by atoms with Crippen LogP contribution in [0.4, 0.5) is 5.69 Å². The lowest BCUT2D eigenvalue weighted by Gasteiger charge is -2.10. The Bertz CT molecular complexity index is 584. The molecule has 0 fully saturated rings. The van der Waals surface area contributed by atoms with Crippen LogP contribution in [0.2, 0.25) is 0 Å². The summed E-state index contributed by atoms with van der Waals surface area (Å²) in [6.07, 6.45) is 0. The largest absolute Gasteiger partial charge is 0.375 e. The molecular formula is C16H17BrN2O. The van der Waals surface area contributed by atoms with Crippen LogP contribution in [0.3, 0.4) is 0 Å². The molecule has 0 aliphatic carbocycles. The molecule has 2 N–H and O–H groups in total. The highest BCUT2D eigenvalue weighted by atomic mass is 79.9. The molecule has 0 aromatic heterocycles. The molecule has 0 saturated heterocycles. The maximum atomic E-state index is 11.8. The summed E-state index contributed by atoms with van der Waals surface area (Å²) in [5.74, 6) is -0.0257. The number of carbonyl (C=O) groups excluding carboxylic acids is 1. The van der Waals surface area contributed by atoms with Crippen molar-refractivity contribution in [3.63, 3.8) is 0 Å². The van der Waals surface area contributed by atoms with Gasteiger partial charge in [0, 0.05) is 16.7 Å². The molecule has 0 unspecified atom stereocenters. The number of aryl methyl sites for hydroxylation is 1. The summed E-state index contributed by atoms with van der Waals surface area (Å²) in [4.78, 5) is 11.8. The lowest BCUT2D eigenvalue weighted by Crippen LogP contribution is -2.29. The number of halogens is 1. The van der Waals surface area contributed by atoms with Crippen LogP contribution in [0, 0.1) is 6.92 Å². The first kappa shape index (κ1) is 14.6. The monoisotopic (exact) mass is 332 g/mol. The first-order chi connectivity index (χ1) is 9.66. The van der Waals surface area contributed by atoms with E-state index in [0.717, 1.165) is 21.3 Å². The minimum absolute atomic E-state index is 0.0257. The zero-order chi connectivity index (χ0) is 14.4. The van der Waals surface area contributed by atoms with E-state index in [1.165, 1.54) is 0 Å². The van der Waals surface area contributed by atoms with Gasteiger partial charge in [-0.2, -0.15) is 0 Å². The van der Waals surface area contributed by atoms with Gasteiger partial charge in [0.2, 0.25) is 5.91 Å². The molecule has 104 valence electrons. The zero-order valence-corrected chi connectivity index (χ0v) is 12.9. The molecule has 0 spiro atoms. The molecule has 3 nitrogen and oxygen atoms in total. The van der Waals surface area contributed by atoms with Gasteiger partial charge in [-0.05, 0) is 40.0 Å². The molecule has 2 aromatic carbocycles. The van der Waals surface area contributed by atoms with Crippen LogP contribution < -0.4 is 10.6 Å². The van der Waals surface area contributed by atoms with Gasteiger partial charge >= 0.3 is 0 Å². The van der Waals surface area contributed by atoms with Gasteiger partial charge in [0.1, 0.15) is 0 Å². The predicted molar refractivity (Wildman–Crippen MR) is 85.7 cm³/mol. The van der Waals surface area contributed by atoms with Crippen LogP contribution >= 0.6 is 15.9 Å². The fraction of sp³-hybridized carbons (Fsp3) is 0.188. The highest BCUT2D eigenvalue weighted by Crippen LogP contribution is 2.25. The average Bonchev–Trinajstić information content (AvgIpc) is 2.48. The van der Waals surface area contributed by atoms with E-state index in [0.29, 0.717) is 6.54 Å². The molecular weight excluding hydrogens is 316 g/mol. The van der Waals surface area contributed by atoms with Crippen molar-refractivity contribution in [3.8, 4) is 0 Å². The number of hydrogen-bond acceptors (Lipinski definition) is 2. The zero-order valence-electron chi connectivity index (χ0n) is 11.3. The molecule has 0 aliphatic heterocycles. The smallest absolute Gasteiger partial charge is 0.239 e. The molecule has 0 heterocycles. The van der Waals surface area contributed by atoms with Crippen LogP contribution in [0.5, 0.6) is 0 Å². The van der Waals surface area contributed by atoms with E-state index in [2.05, 4.69) is 26.6 Å². The summed E-state index contributed by atoms with van der Waals surface area (Å²) in [6, 6.07) is 15.8. The Kier molecular flexibility index (Phi) is 5.18. The number of anilines is 1. The maximum absolute atomic E-state index is 11.8. The van der Waals surface area contributed by atoms with Crippen molar-refractivity contribution in [2.75, 3.05) is 11.9 Å². The molecule has 0 atom stereocenters. The van der Waals surface area contributed by atoms with Crippen LogP contribution in [-0.4, -0.2) is 12.5 Å². The Hall–Kier alpha value is -1.81. The summed E-state index contributed by atoms with van der Waals surface area (Å²) in [7, 11) is 0. The Balaban J connectivity index is 1.82.